The van der Waals surface area contributed by atoms with Crippen molar-refractivity contribution in [2.24, 2.45) is 0 Å². The molecule has 0 bridgehead atoms. The first-order valence-electron chi connectivity index (χ1n) is 7.40. The van der Waals surface area contributed by atoms with Crippen LogP contribution in [0.2, 0.25) is 5.02 Å². The lowest BCUT2D eigenvalue weighted by atomic mass is 10.2. The van der Waals surface area contributed by atoms with Crippen molar-refractivity contribution in [3.63, 3.8) is 0 Å². The van der Waals surface area contributed by atoms with Gasteiger partial charge in [0.1, 0.15) is 5.82 Å². The van der Waals surface area contributed by atoms with Crippen LogP contribution in [0.1, 0.15) is 37.6 Å². The van der Waals surface area contributed by atoms with E-state index < -0.39 is 5.97 Å². The number of nitrogens with zero attached hydrogens (tertiary/aromatic N) is 3. The highest BCUT2D eigenvalue weighted by atomic mass is 35.5. The van der Waals surface area contributed by atoms with Crippen LogP contribution < -0.4 is 4.90 Å². The maximum atomic E-state index is 11.1. The van der Waals surface area contributed by atoms with Gasteiger partial charge < -0.3 is 14.9 Å². The zero-order valence-electron chi connectivity index (χ0n) is 13.0. The first-order chi connectivity index (χ1) is 10.0. The quantitative estimate of drug-likeness (QED) is 0.759. The molecule has 0 amide bonds. The van der Waals surface area contributed by atoms with Gasteiger partial charge in [0, 0.05) is 19.3 Å². The Kier molecular flexibility index (Phi) is 7.47. The average Bonchev–Trinajstić information content (AvgIpc) is 2.48. The highest BCUT2D eigenvalue weighted by molar-refractivity contribution is 6.35. The van der Waals surface area contributed by atoms with Crippen molar-refractivity contribution in [2.75, 3.05) is 37.6 Å². The number of carboxylic acid groups (broad SMARTS) is 1. The smallest absolute Gasteiger partial charge is 0.337 e. The van der Waals surface area contributed by atoms with E-state index in [0.717, 1.165) is 39.1 Å². The molecule has 1 rings (SSSR count). The molecule has 5 nitrogen and oxygen atoms in total. The van der Waals surface area contributed by atoms with Crippen molar-refractivity contribution in [1.29, 1.82) is 0 Å². The zero-order valence-corrected chi connectivity index (χ0v) is 13.7. The molecule has 0 aliphatic rings. The molecule has 0 unspecified atom stereocenters. The van der Waals surface area contributed by atoms with Crippen molar-refractivity contribution in [3.05, 3.63) is 22.8 Å². The molecule has 6 heteroatoms. The molecule has 1 aromatic rings. The standard InChI is InChI=1S/C15H24ClN3O2/c1-4-18(5-2)10-7-11-19(6-3)14-13(16)12(15(20)21)8-9-17-14/h8-9H,4-7,10-11H2,1-3H3,(H,20,21). The topological polar surface area (TPSA) is 56.7 Å². The van der Waals surface area contributed by atoms with Crippen LogP contribution >= 0.6 is 11.6 Å². The van der Waals surface area contributed by atoms with E-state index in [-0.39, 0.29) is 10.6 Å². The lowest BCUT2D eigenvalue weighted by Gasteiger charge is -2.25. The second kappa shape index (κ2) is 8.85. The van der Waals surface area contributed by atoms with Crippen molar-refractivity contribution in [2.45, 2.75) is 27.2 Å². The number of pyridine rings is 1. The Morgan fingerprint density at radius 3 is 2.43 bits per heavy atom. The molecule has 0 saturated carbocycles. The van der Waals surface area contributed by atoms with Crippen LogP contribution in [0, 0.1) is 0 Å². The molecule has 1 N–H and O–H groups in total. The van der Waals surface area contributed by atoms with E-state index in [4.69, 9.17) is 16.7 Å². The Morgan fingerprint density at radius 1 is 1.24 bits per heavy atom. The minimum atomic E-state index is -1.03. The number of carboxylic acids is 1. The van der Waals surface area contributed by atoms with Gasteiger partial charge >= 0.3 is 5.97 Å². The van der Waals surface area contributed by atoms with Gasteiger partial charge in [0.25, 0.3) is 0 Å². The van der Waals surface area contributed by atoms with Gasteiger partial charge in [0.15, 0.2) is 0 Å². The monoisotopic (exact) mass is 313 g/mol. The molecule has 21 heavy (non-hydrogen) atoms. The highest BCUT2D eigenvalue weighted by Crippen LogP contribution is 2.27. The summed E-state index contributed by atoms with van der Waals surface area (Å²) in [7, 11) is 0. The van der Waals surface area contributed by atoms with Gasteiger partial charge in [-0.2, -0.15) is 0 Å². The molecule has 1 heterocycles. The minimum Gasteiger partial charge on any atom is -0.478 e. The molecule has 118 valence electrons. The fourth-order valence-electron chi connectivity index (χ4n) is 2.26. The second-order valence-electron chi connectivity index (χ2n) is 4.76. The van der Waals surface area contributed by atoms with Gasteiger partial charge in [0.2, 0.25) is 0 Å². The van der Waals surface area contributed by atoms with E-state index in [0.29, 0.717) is 5.82 Å². The summed E-state index contributed by atoms with van der Waals surface area (Å²) in [6.07, 6.45) is 2.49. The maximum absolute atomic E-state index is 11.1. The SMILES string of the molecule is CCN(CC)CCCN(CC)c1nccc(C(=O)O)c1Cl. The molecule has 0 aliphatic heterocycles. The van der Waals surface area contributed by atoms with Gasteiger partial charge in [-0.15, -0.1) is 0 Å². The Bertz CT molecular complexity index is 464. The first-order valence-corrected chi connectivity index (χ1v) is 7.77. The van der Waals surface area contributed by atoms with Crippen molar-refractivity contribution in [1.82, 2.24) is 9.88 Å². The highest BCUT2D eigenvalue weighted by Gasteiger charge is 2.17. The van der Waals surface area contributed by atoms with Crippen LogP contribution in [0.5, 0.6) is 0 Å². The number of anilines is 1. The normalized spacial score (nSPS) is 10.9. The molecule has 0 radical (unpaired) electrons. The van der Waals surface area contributed by atoms with Crippen molar-refractivity contribution in [3.8, 4) is 0 Å². The van der Waals surface area contributed by atoms with Crippen LogP contribution in [0.25, 0.3) is 0 Å². The molecule has 0 aromatic carbocycles. The molecular formula is C15H24ClN3O2. The van der Waals surface area contributed by atoms with Crippen molar-refractivity contribution < 1.29 is 9.90 Å². The van der Waals surface area contributed by atoms with Gasteiger partial charge in [0.05, 0.1) is 10.6 Å². The number of hydrogen-bond donors (Lipinski definition) is 1. The van der Waals surface area contributed by atoms with Crippen molar-refractivity contribution >= 4 is 23.4 Å². The zero-order chi connectivity index (χ0) is 15.8. The van der Waals surface area contributed by atoms with E-state index in [9.17, 15) is 4.79 Å². The Balaban J connectivity index is 2.76. The molecule has 0 atom stereocenters. The van der Waals surface area contributed by atoms with Gasteiger partial charge in [-0.3, -0.25) is 0 Å². The second-order valence-corrected chi connectivity index (χ2v) is 5.14. The molecule has 0 fully saturated rings. The number of rotatable bonds is 9. The Labute approximate surface area is 131 Å². The summed E-state index contributed by atoms with van der Waals surface area (Å²) in [5, 5.41) is 9.34. The van der Waals surface area contributed by atoms with Crippen LogP contribution in [0.3, 0.4) is 0 Å². The molecule has 0 saturated heterocycles. The molecular weight excluding hydrogens is 290 g/mol. The maximum Gasteiger partial charge on any atom is 0.337 e. The number of aromatic nitrogens is 1. The fourth-order valence-corrected chi connectivity index (χ4v) is 2.57. The summed E-state index contributed by atoms with van der Waals surface area (Å²) in [5.74, 6) is -0.471. The number of halogens is 1. The summed E-state index contributed by atoms with van der Waals surface area (Å²) in [6, 6.07) is 1.43. The average molecular weight is 314 g/mol. The third-order valence-electron chi connectivity index (χ3n) is 3.58. The van der Waals surface area contributed by atoms with E-state index in [1.54, 1.807) is 0 Å². The van der Waals surface area contributed by atoms with Crippen LogP contribution in [0.15, 0.2) is 12.3 Å². The van der Waals surface area contributed by atoms with Gasteiger partial charge in [-0.25, -0.2) is 9.78 Å². The molecule has 0 spiro atoms. The number of carbonyl (C=O) groups is 1. The summed E-state index contributed by atoms with van der Waals surface area (Å²) in [5.41, 5.74) is 0.101. The van der Waals surface area contributed by atoms with E-state index in [1.807, 2.05) is 11.8 Å². The van der Waals surface area contributed by atoms with Gasteiger partial charge in [-0.05, 0) is 39.0 Å². The third-order valence-corrected chi connectivity index (χ3v) is 3.95. The summed E-state index contributed by atoms with van der Waals surface area (Å²) in [6.45, 7) is 11.0. The van der Waals surface area contributed by atoms with E-state index in [2.05, 4.69) is 23.7 Å². The summed E-state index contributed by atoms with van der Waals surface area (Å²) >= 11 is 6.18. The van der Waals surface area contributed by atoms with E-state index >= 15 is 0 Å². The summed E-state index contributed by atoms with van der Waals surface area (Å²) < 4.78 is 0. The van der Waals surface area contributed by atoms with E-state index in [1.165, 1.54) is 12.3 Å². The summed E-state index contributed by atoms with van der Waals surface area (Å²) in [4.78, 5) is 19.8. The van der Waals surface area contributed by atoms with Crippen LogP contribution in [0.4, 0.5) is 5.82 Å². The minimum absolute atomic E-state index is 0.101. The van der Waals surface area contributed by atoms with Crippen LogP contribution in [-0.2, 0) is 0 Å². The third kappa shape index (κ3) is 4.86. The Hall–Kier alpha value is -1.33. The Morgan fingerprint density at radius 2 is 1.90 bits per heavy atom. The predicted octanol–water partition coefficient (Wildman–Crippen LogP) is 2.99. The first kappa shape index (κ1) is 17.7. The lowest BCUT2D eigenvalue weighted by Crippen LogP contribution is -2.30. The fraction of sp³-hybridized carbons (Fsp3) is 0.600. The predicted molar refractivity (Wildman–Crippen MR) is 86.5 cm³/mol. The molecule has 0 aliphatic carbocycles. The number of hydrogen-bond acceptors (Lipinski definition) is 4. The van der Waals surface area contributed by atoms with Gasteiger partial charge in [-0.1, -0.05) is 25.4 Å². The largest absolute Gasteiger partial charge is 0.478 e. The molecule has 1 aromatic heterocycles. The van der Waals surface area contributed by atoms with Crippen LogP contribution in [-0.4, -0.2) is 53.7 Å². The lowest BCUT2D eigenvalue weighted by molar-refractivity contribution is 0.0697. The number of aromatic carboxylic acids is 1.